The second-order valence-corrected chi connectivity index (χ2v) is 6.22. The lowest BCUT2D eigenvalue weighted by molar-refractivity contribution is 0.667. The highest BCUT2D eigenvalue weighted by molar-refractivity contribution is 9.10. The molecule has 0 amide bonds. The van der Waals surface area contributed by atoms with Crippen molar-refractivity contribution >= 4 is 15.9 Å². The van der Waals surface area contributed by atoms with Gasteiger partial charge in [0.1, 0.15) is 0 Å². The summed E-state index contributed by atoms with van der Waals surface area (Å²) >= 11 is 3.44. The van der Waals surface area contributed by atoms with Gasteiger partial charge in [0.2, 0.25) is 0 Å². The van der Waals surface area contributed by atoms with Gasteiger partial charge in [-0.05, 0) is 47.7 Å². The average Bonchev–Trinajstić information content (AvgIpc) is 2.52. The Bertz CT molecular complexity index is 623. The summed E-state index contributed by atoms with van der Waals surface area (Å²) in [5, 5.41) is 9.41. The Morgan fingerprint density at radius 3 is 2.43 bits per heavy atom. The van der Waals surface area contributed by atoms with Gasteiger partial charge in [0.15, 0.2) is 0 Å². The minimum Gasteiger partial charge on any atom is -0.192 e. The van der Waals surface area contributed by atoms with Crippen LogP contribution in [0.25, 0.3) is 11.1 Å². The Morgan fingerprint density at radius 2 is 1.76 bits per heavy atom. The molecule has 0 heterocycles. The van der Waals surface area contributed by atoms with Gasteiger partial charge in [-0.2, -0.15) is 5.26 Å². The lowest BCUT2D eigenvalue weighted by atomic mass is 9.96. The smallest absolute Gasteiger partial charge is 0.0998 e. The van der Waals surface area contributed by atoms with Crippen LogP contribution in [0, 0.1) is 11.3 Å². The number of rotatable bonds is 6. The molecule has 21 heavy (non-hydrogen) atoms. The number of nitrogens with zero attached hydrogens (tertiary/aromatic N) is 1. The molecule has 0 radical (unpaired) electrons. The number of hydrogen-bond acceptors (Lipinski definition) is 1. The maximum absolute atomic E-state index is 9.41. The van der Waals surface area contributed by atoms with Crippen molar-refractivity contribution < 1.29 is 0 Å². The minimum absolute atomic E-state index is 0.769. The number of halogens is 1. The van der Waals surface area contributed by atoms with E-state index in [2.05, 4.69) is 41.1 Å². The molecule has 0 fully saturated rings. The van der Waals surface area contributed by atoms with Crippen LogP contribution in [-0.2, 0) is 6.42 Å². The molecule has 2 aromatic rings. The van der Waals surface area contributed by atoms with Crippen LogP contribution in [0.1, 0.15) is 43.7 Å². The van der Waals surface area contributed by atoms with Gasteiger partial charge in [-0.3, -0.25) is 0 Å². The topological polar surface area (TPSA) is 23.8 Å². The predicted molar refractivity (Wildman–Crippen MR) is 92.1 cm³/mol. The summed E-state index contributed by atoms with van der Waals surface area (Å²) in [5.41, 5.74) is 4.14. The number of unbranched alkanes of at least 4 members (excludes halogenated alkanes) is 3. The molecule has 2 heteroatoms. The fourth-order valence-corrected chi connectivity index (χ4v) is 2.74. The van der Waals surface area contributed by atoms with Gasteiger partial charge in [0.25, 0.3) is 0 Å². The van der Waals surface area contributed by atoms with E-state index in [-0.39, 0.29) is 0 Å². The summed E-state index contributed by atoms with van der Waals surface area (Å²) in [4.78, 5) is 0. The second-order valence-electron chi connectivity index (χ2n) is 5.31. The van der Waals surface area contributed by atoms with Crippen LogP contribution in [-0.4, -0.2) is 0 Å². The van der Waals surface area contributed by atoms with Crippen LogP contribution in [0.5, 0.6) is 0 Å². The highest BCUT2D eigenvalue weighted by atomic mass is 79.9. The molecular formula is C19H20BrN. The number of nitriles is 1. The third kappa shape index (κ3) is 4.44. The predicted octanol–water partition coefficient (Wildman–Crippen LogP) is 6.11. The SMILES string of the molecule is CCCCCCc1ccc(-c2ccc(Br)cc2)c(C#N)c1. The molecule has 2 aromatic carbocycles. The summed E-state index contributed by atoms with van der Waals surface area (Å²) in [5.74, 6) is 0. The Kier molecular flexibility index (Phi) is 6.02. The maximum Gasteiger partial charge on any atom is 0.0998 e. The highest BCUT2D eigenvalue weighted by Gasteiger charge is 2.06. The normalized spacial score (nSPS) is 10.3. The van der Waals surface area contributed by atoms with Crippen molar-refractivity contribution in [3.05, 3.63) is 58.1 Å². The van der Waals surface area contributed by atoms with Gasteiger partial charge in [0, 0.05) is 4.47 Å². The van der Waals surface area contributed by atoms with Crippen LogP contribution in [0.15, 0.2) is 46.9 Å². The van der Waals surface area contributed by atoms with Crippen LogP contribution in [0.4, 0.5) is 0 Å². The summed E-state index contributed by atoms with van der Waals surface area (Å²) in [6.45, 7) is 2.22. The Morgan fingerprint density at radius 1 is 1.00 bits per heavy atom. The molecule has 0 aliphatic heterocycles. The molecule has 0 aromatic heterocycles. The number of hydrogen-bond donors (Lipinski definition) is 0. The van der Waals surface area contributed by atoms with E-state index in [1.807, 2.05) is 30.3 Å². The van der Waals surface area contributed by atoms with E-state index in [1.54, 1.807) is 0 Å². The average molecular weight is 342 g/mol. The number of aryl methyl sites for hydroxylation is 1. The van der Waals surface area contributed by atoms with E-state index in [4.69, 9.17) is 0 Å². The quantitative estimate of drug-likeness (QED) is 0.581. The summed E-state index contributed by atoms with van der Waals surface area (Å²) in [7, 11) is 0. The van der Waals surface area contributed by atoms with Gasteiger partial charge in [-0.25, -0.2) is 0 Å². The molecule has 0 saturated carbocycles. The molecule has 108 valence electrons. The summed E-state index contributed by atoms with van der Waals surface area (Å²) in [6, 6.07) is 16.7. The first-order valence-electron chi connectivity index (χ1n) is 7.53. The highest BCUT2D eigenvalue weighted by Crippen LogP contribution is 2.26. The molecule has 0 aliphatic carbocycles. The first-order chi connectivity index (χ1) is 10.2. The molecule has 0 atom stereocenters. The molecule has 0 saturated heterocycles. The van der Waals surface area contributed by atoms with E-state index in [0.29, 0.717) is 0 Å². The second kappa shape index (κ2) is 8.00. The molecule has 0 bridgehead atoms. The van der Waals surface area contributed by atoms with Gasteiger partial charge in [0.05, 0.1) is 11.6 Å². The van der Waals surface area contributed by atoms with E-state index in [0.717, 1.165) is 27.6 Å². The van der Waals surface area contributed by atoms with Crippen molar-refractivity contribution in [1.29, 1.82) is 5.26 Å². The van der Waals surface area contributed by atoms with E-state index < -0.39 is 0 Å². The van der Waals surface area contributed by atoms with Crippen molar-refractivity contribution in [2.75, 3.05) is 0 Å². The first-order valence-corrected chi connectivity index (χ1v) is 8.33. The van der Waals surface area contributed by atoms with Crippen LogP contribution >= 0.6 is 15.9 Å². The zero-order chi connectivity index (χ0) is 15.1. The zero-order valence-electron chi connectivity index (χ0n) is 12.4. The molecule has 1 nitrogen and oxygen atoms in total. The third-order valence-corrected chi connectivity index (χ3v) is 4.21. The first kappa shape index (κ1) is 15.8. The Labute approximate surface area is 135 Å². The third-order valence-electron chi connectivity index (χ3n) is 3.68. The maximum atomic E-state index is 9.41. The van der Waals surface area contributed by atoms with Crippen molar-refractivity contribution in [3.8, 4) is 17.2 Å². The van der Waals surface area contributed by atoms with Crippen molar-refractivity contribution in [2.45, 2.75) is 39.0 Å². The summed E-state index contributed by atoms with van der Waals surface area (Å²) < 4.78 is 1.05. The molecule has 0 aliphatic rings. The van der Waals surface area contributed by atoms with Crippen LogP contribution in [0.2, 0.25) is 0 Å². The minimum atomic E-state index is 0.769. The standard InChI is InChI=1S/C19H20BrN/c1-2-3-4-5-6-15-7-12-19(17(13-15)14-21)16-8-10-18(20)11-9-16/h7-13H,2-6H2,1H3. The van der Waals surface area contributed by atoms with Crippen LogP contribution in [0.3, 0.4) is 0 Å². The van der Waals surface area contributed by atoms with E-state index >= 15 is 0 Å². The van der Waals surface area contributed by atoms with Crippen molar-refractivity contribution in [3.63, 3.8) is 0 Å². The van der Waals surface area contributed by atoms with Crippen molar-refractivity contribution in [1.82, 2.24) is 0 Å². The monoisotopic (exact) mass is 341 g/mol. The Hall–Kier alpha value is -1.59. The number of benzene rings is 2. The van der Waals surface area contributed by atoms with Gasteiger partial charge >= 0.3 is 0 Å². The molecular weight excluding hydrogens is 322 g/mol. The molecule has 2 rings (SSSR count). The lowest BCUT2D eigenvalue weighted by Gasteiger charge is -2.08. The van der Waals surface area contributed by atoms with E-state index in [1.165, 1.54) is 31.2 Å². The molecule has 0 spiro atoms. The fourth-order valence-electron chi connectivity index (χ4n) is 2.48. The van der Waals surface area contributed by atoms with Gasteiger partial charge in [-0.15, -0.1) is 0 Å². The summed E-state index contributed by atoms with van der Waals surface area (Å²) in [6.07, 6.45) is 6.09. The van der Waals surface area contributed by atoms with Crippen LogP contribution < -0.4 is 0 Å². The fraction of sp³-hybridized carbons (Fsp3) is 0.316. The molecule has 0 unspecified atom stereocenters. The Balaban J connectivity index is 2.17. The van der Waals surface area contributed by atoms with Gasteiger partial charge in [-0.1, -0.05) is 66.4 Å². The zero-order valence-corrected chi connectivity index (χ0v) is 14.0. The lowest BCUT2D eigenvalue weighted by Crippen LogP contribution is -1.90. The van der Waals surface area contributed by atoms with E-state index in [9.17, 15) is 5.26 Å². The van der Waals surface area contributed by atoms with Gasteiger partial charge < -0.3 is 0 Å². The largest absolute Gasteiger partial charge is 0.192 e. The molecule has 0 N–H and O–H groups in total. The van der Waals surface area contributed by atoms with Crippen molar-refractivity contribution in [2.24, 2.45) is 0 Å².